The van der Waals surface area contributed by atoms with Gasteiger partial charge in [-0.3, -0.25) is 14.9 Å². The molecule has 0 saturated heterocycles. The molecule has 0 unspecified atom stereocenters. The molecule has 0 aliphatic rings. The Balaban J connectivity index is 1.99. The Labute approximate surface area is 151 Å². The topological polar surface area (TPSA) is 96.7 Å². The van der Waals surface area contributed by atoms with Crippen molar-refractivity contribution in [1.29, 1.82) is 0 Å². The van der Waals surface area contributed by atoms with Crippen LogP contribution in [0.25, 0.3) is 11.3 Å². The van der Waals surface area contributed by atoms with Crippen molar-refractivity contribution in [2.45, 2.75) is 0 Å². The van der Waals surface area contributed by atoms with Crippen molar-refractivity contribution in [1.82, 2.24) is 15.2 Å². The molecule has 4 N–H and O–H groups in total. The molecule has 2 heterocycles. The average molecular weight is 383 g/mol. The van der Waals surface area contributed by atoms with Crippen molar-refractivity contribution in [3.8, 4) is 11.3 Å². The maximum atomic E-state index is 12.7. The number of amides is 1. The number of hydrogen-bond acceptors (Lipinski definition) is 4. The minimum atomic E-state index is -0.501. The number of benzene rings is 1. The normalized spacial score (nSPS) is 10.6. The van der Waals surface area contributed by atoms with Gasteiger partial charge in [-0.2, -0.15) is 5.10 Å². The van der Waals surface area contributed by atoms with Gasteiger partial charge in [0.25, 0.3) is 5.91 Å². The fourth-order valence-electron chi connectivity index (χ4n) is 2.15. The van der Waals surface area contributed by atoms with Gasteiger partial charge in [0.1, 0.15) is 5.56 Å². The molecule has 0 saturated carbocycles. The first kappa shape index (κ1) is 16.6. The molecule has 1 amide bonds. The van der Waals surface area contributed by atoms with E-state index in [0.717, 1.165) is 0 Å². The zero-order chi connectivity index (χ0) is 17.3. The van der Waals surface area contributed by atoms with Crippen molar-refractivity contribution in [3.05, 3.63) is 57.3 Å². The van der Waals surface area contributed by atoms with Crippen LogP contribution < -0.4 is 11.1 Å². The molecule has 3 rings (SSSR count). The van der Waals surface area contributed by atoms with Crippen molar-refractivity contribution < 1.29 is 4.79 Å². The third-order valence-corrected chi connectivity index (χ3v) is 4.05. The van der Waals surface area contributed by atoms with Crippen molar-refractivity contribution in [2.75, 3.05) is 11.1 Å². The maximum absolute atomic E-state index is 12.7. The number of nitrogens with one attached hydrogen (secondary N) is 2. The second-order valence-electron chi connectivity index (χ2n) is 4.79. The number of carbonyl (C=O) groups excluding carboxylic acids is 1. The molecule has 1 aromatic carbocycles. The maximum Gasteiger partial charge on any atom is 0.261 e. The fraction of sp³-hybridized carbons (Fsp3) is 0. The number of nitrogen functional groups attached to an aromatic ring is 1. The lowest BCUT2D eigenvalue weighted by molar-refractivity contribution is 0.102. The van der Waals surface area contributed by atoms with E-state index in [9.17, 15) is 4.79 Å². The molecule has 6 nitrogen and oxygen atoms in total. The van der Waals surface area contributed by atoms with E-state index >= 15 is 0 Å². The second kappa shape index (κ2) is 6.68. The minimum Gasteiger partial charge on any atom is -0.382 e. The molecule has 0 aliphatic heterocycles. The first-order valence-electron chi connectivity index (χ1n) is 6.67. The van der Waals surface area contributed by atoms with Crippen LogP contribution in [0.15, 0.2) is 36.7 Å². The van der Waals surface area contributed by atoms with Crippen LogP contribution in [0.5, 0.6) is 0 Å². The van der Waals surface area contributed by atoms with E-state index in [1.54, 1.807) is 24.5 Å². The van der Waals surface area contributed by atoms with Crippen molar-refractivity contribution in [3.63, 3.8) is 0 Å². The van der Waals surface area contributed by atoms with Crippen molar-refractivity contribution in [2.24, 2.45) is 0 Å². The molecule has 0 bridgehead atoms. The molecule has 0 radical (unpaired) electrons. The predicted octanol–water partition coefficient (Wildman–Crippen LogP) is 4.27. The highest BCUT2D eigenvalue weighted by Crippen LogP contribution is 2.35. The number of nitrogens with two attached hydrogens (primary N) is 1. The molecule has 3 aromatic rings. The Hall–Kier alpha value is -2.28. The van der Waals surface area contributed by atoms with Crippen LogP contribution in [-0.2, 0) is 0 Å². The van der Waals surface area contributed by atoms with Crippen LogP contribution in [0, 0.1) is 0 Å². The largest absolute Gasteiger partial charge is 0.382 e. The van der Waals surface area contributed by atoms with Crippen LogP contribution in [-0.4, -0.2) is 21.1 Å². The molecule has 0 aliphatic carbocycles. The highest BCUT2D eigenvalue weighted by atomic mass is 35.5. The zero-order valence-corrected chi connectivity index (χ0v) is 14.2. The highest BCUT2D eigenvalue weighted by Gasteiger charge is 2.22. The molecular weight excluding hydrogens is 373 g/mol. The van der Waals surface area contributed by atoms with E-state index in [2.05, 4.69) is 20.5 Å². The summed E-state index contributed by atoms with van der Waals surface area (Å²) in [6.45, 7) is 0. The van der Waals surface area contributed by atoms with Gasteiger partial charge in [0.15, 0.2) is 5.82 Å². The van der Waals surface area contributed by atoms with E-state index < -0.39 is 5.91 Å². The first-order valence-corrected chi connectivity index (χ1v) is 7.81. The molecule has 122 valence electrons. The summed E-state index contributed by atoms with van der Waals surface area (Å²) < 4.78 is 0. The standard InChI is InChI=1S/C15H10Cl3N5O/c16-8-5-9(17)13(10(18)6-8)21-15(24)11-12(22-23-14(11)19)7-1-3-20-4-2-7/h1-6H,(H,21,24)(H3,19,22,23). The summed E-state index contributed by atoms with van der Waals surface area (Å²) >= 11 is 18.0. The summed E-state index contributed by atoms with van der Waals surface area (Å²) in [5, 5.41) is 10.1. The average Bonchev–Trinajstić information content (AvgIpc) is 2.93. The van der Waals surface area contributed by atoms with Gasteiger partial charge in [-0.15, -0.1) is 0 Å². The molecule has 0 fully saturated rings. The van der Waals surface area contributed by atoms with Crippen LogP contribution in [0.3, 0.4) is 0 Å². The second-order valence-corrected chi connectivity index (χ2v) is 6.04. The lowest BCUT2D eigenvalue weighted by Crippen LogP contribution is -2.15. The predicted molar refractivity (Wildman–Crippen MR) is 95.7 cm³/mol. The lowest BCUT2D eigenvalue weighted by Gasteiger charge is -2.10. The SMILES string of the molecule is Nc1n[nH]c(-c2ccncc2)c1C(=O)Nc1c(Cl)cc(Cl)cc1Cl. The number of anilines is 2. The Morgan fingerprint density at radius 2 is 1.75 bits per heavy atom. The Bertz CT molecular complexity index is 888. The Morgan fingerprint density at radius 1 is 1.12 bits per heavy atom. The van der Waals surface area contributed by atoms with Crippen LogP contribution in [0.1, 0.15) is 10.4 Å². The van der Waals surface area contributed by atoms with Gasteiger partial charge in [-0.25, -0.2) is 0 Å². The summed E-state index contributed by atoms with van der Waals surface area (Å²) in [7, 11) is 0. The molecule has 0 spiro atoms. The number of aromatic nitrogens is 3. The van der Waals surface area contributed by atoms with Gasteiger partial charge in [0.05, 0.1) is 21.4 Å². The van der Waals surface area contributed by atoms with Gasteiger partial charge in [0, 0.05) is 23.0 Å². The molecule has 24 heavy (non-hydrogen) atoms. The number of hydrogen-bond donors (Lipinski definition) is 3. The molecule has 9 heteroatoms. The van der Waals surface area contributed by atoms with Gasteiger partial charge < -0.3 is 11.1 Å². The summed E-state index contributed by atoms with van der Waals surface area (Å²) in [5.41, 5.74) is 7.44. The van der Waals surface area contributed by atoms with Gasteiger partial charge in [-0.1, -0.05) is 34.8 Å². The number of pyridine rings is 1. The van der Waals surface area contributed by atoms with E-state index in [-0.39, 0.29) is 27.1 Å². The van der Waals surface area contributed by atoms with Gasteiger partial charge in [-0.05, 0) is 24.3 Å². The van der Waals surface area contributed by atoms with Crippen LogP contribution >= 0.6 is 34.8 Å². The number of carbonyl (C=O) groups is 1. The lowest BCUT2D eigenvalue weighted by atomic mass is 10.1. The third kappa shape index (κ3) is 3.17. The zero-order valence-electron chi connectivity index (χ0n) is 12.0. The van der Waals surface area contributed by atoms with Gasteiger partial charge >= 0.3 is 0 Å². The quantitative estimate of drug-likeness (QED) is 0.630. The molecular formula is C15H10Cl3N5O. The third-order valence-electron chi connectivity index (χ3n) is 3.24. The highest BCUT2D eigenvalue weighted by molar-refractivity contribution is 6.42. The fourth-order valence-corrected chi connectivity index (χ4v) is 3.06. The number of nitrogens with zero attached hydrogens (tertiary/aromatic N) is 2. The van der Waals surface area contributed by atoms with Crippen LogP contribution in [0.2, 0.25) is 15.1 Å². The Kier molecular flexibility index (Phi) is 4.62. The summed E-state index contributed by atoms with van der Waals surface area (Å²) in [4.78, 5) is 16.6. The van der Waals surface area contributed by atoms with Gasteiger partial charge in [0.2, 0.25) is 0 Å². The number of aromatic amines is 1. The summed E-state index contributed by atoms with van der Waals surface area (Å²) in [5.74, 6) is -0.445. The molecule has 0 atom stereocenters. The minimum absolute atomic E-state index is 0.0560. The van der Waals surface area contributed by atoms with E-state index in [1.807, 2.05) is 0 Å². The smallest absolute Gasteiger partial charge is 0.261 e. The number of halogens is 3. The number of rotatable bonds is 3. The summed E-state index contributed by atoms with van der Waals surface area (Å²) in [6.07, 6.45) is 3.20. The Morgan fingerprint density at radius 3 is 2.38 bits per heavy atom. The summed E-state index contributed by atoms with van der Waals surface area (Å²) in [6, 6.07) is 6.41. The van der Waals surface area contributed by atoms with Crippen molar-refractivity contribution >= 4 is 52.2 Å². The van der Waals surface area contributed by atoms with E-state index in [4.69, 9.17) is 40.5 Å². The van der Waals surface area contributed by atoms with E-state index in [1.165, 1.54) is 12.1 Å². The first-order chi connectivity index (χ1) is 11.5. The van der Waals surface area contributed by atoms with Crippen LogP contribution in [0.4, 0.5) is 11.5 Å². The monoisotopic (exact) mass is 381 g/mol. The molecule has 2 aromatic heterocycles. The van der Waals surface area contributed by atoms with E-state index in [0.29, 0.717) is 16.3 Å². The number of H-pyrrole nitrogens is 1.